The van der Waals surface area contributed by atoms with E-state index in [1.54, 1.807) is 67.1 Å². The molecule has 2 heterocycles. The van der Waals surface area contributed by atoms with Crippen LogP contribution in [0.3, 0.4) is 0 Å². The fraction of sp³-hybridized carbons (Fsp3) is 0.0345. The molecule has 38 heavy (non-hydrogen) atoms. The summed E-state index contributed by atoms with van der Waals surface area (Å²) < 4.78 is 34.0. The summed E-state index contributed by atoms with van der Waals surface area (Å²) in [6.07, 6.45) is 11.2. The minimum Gasteiger partial charge on any atom is -0.489 e. The van der Waals surface area contributed by atoms with Gasteiger partial charge in [-0.3, -0.25) is 9.71 Å². The van der Waals surface area contributed by atoms with Crippen molar-refractivity contribution in [2.45, 2.75) is 11.5 Å². The molecule has 1 aliphatic carbocycles. The lowest BCUT2D eigenvalue weighted by Gasteiger charge is -2.26. The first-order chi connectivity index (χ1) is 18.4. The predicted octanol–water partition coefficient (Wildman–Crippen LogP) is 4.78. The van der Waals surface area contributed by atoms with Crippen molar-refractivity contribution in [3.63, 3.8) is 0 Å². The third-order valence-corrected chi connectivity index (χ3v) is 7.75. The molecule has 0 bridgehead atoms. The molecule has 0 spiro atoms. The van der Waals surface area contributed by atoms with Crippen molar-refractivity contribution in [2.24, 2.45) is 15.8 Å². The first-order valence-electron chi connectivity index (χ1n) is 11.9. The largest absolute Gasteiger partial charge is 0.489 e. The van der Waals surface area contributed by atoms with E-state index in [9.17, 15) is 8.42 Å². The van der Waals surface area contributed by atoms with Gasteiger partial charge in [0.25, 0.3) is 15.9 Å². The fourth-order valence-corrected chi connectivity index (χ4v) is 5.44. The van der Waals surface area contributed by atoms with E-state index in [0.717, 1.165) is 28.1 Å². The number of benzene rings is 3. The summed E-state index contributed by atoms with van der Waals surface area (Å²) in [5, 5.41) is 0. The van der Waals surface area contributed by atoms with E-state index in [1.807, 2.05) is 48.6 Å². The molecule has 0 radical (unpaired) electrons. The van der Waals surface area contributed by atoms with E-state index in [-0.39, 0.29) is 16.1 Å². The Kier molecular flexibility index (Phi) is 5.88. The van der Waals surface area contributed by atoms with Crippen LogP contribution in [0, 0.1) is 0 Å². The zero-order chi connectivity index (χ0) is 26.2. The van der Waals surface area contributed by atoms with Crippen LogP contribution in [-0.4, -0.2) is 25.1 Å². The number of nitrogens with two attached hydrogens (primary N) is 1. The Balaban J connectivity index is 1.19. The predicted molar refractivity (Wildman–Crippen MR) is 147 cm³/mol. The van der Waals surface area contributed by atoms with Gasteiger partial charge in [-0.2, -0.15) is 10.8 Å². The van der Waals surface area contributed by atoms with Crippen molar-refractivity contribution in [1.29, 1.82) is 0 Å². The number of sulfonamides is 1. The van der Waals surface area contributed by atoms with Crippen LogP contribution in [0.4, 0.5) is 5.69 Å². The number of nitrogens with one attached hydrogen (secondary N) is 1. The van der Waals surface area contributed by atoms with Gasteiger partial charge in [-0.1, -0.05) is 54.6 Å². The Bertz CT molecular complexity index is 1720. The van der Waals surface area contributed by atoms with Crippen LogP contribution in [0.5, 0.6) is 5.75 Å². The molecule has 3 aromatic rings. The van der Waals surface area contributed by atoms with Gasteiger partial charge in [0, 0.05) is 11.3 Å². The number of amidine groups is 1. The topological polar surface area (TPSA) is 106 Å². The lowest BCUT2D eigenvalue weighted by molar-refractivity contribution is -0.750. The van der Waals surface area contributed by atoms with Gasteiger partial charge in [-0.15, -0.1) is 4.59 Å². The Morgan fingerprint density at radius 3 is 2.58 bits per heavy atom. The molecule has 6 rings (SSSR count). The molecule has 0 aromatic heterocycles. The smallest absolute Gasteiger partial charge is 0.265 e. The van der Waals surface area contributed by atoms with E-state index in [2.05, 4.69) is 9.71 Å². The maximum atomic E-state index is 12.7. The highest BCUT2D eigenvalue weighted by Gasteiger charge is 2.44. The van der Waals surface area contributed by atoms with Crippen molar-refractivity contribution >= 4 is 27.8 Å². The number of nitrogens with zero attached hydrogens (tertiary/aromatic N) is 3. The fourth-order valence-electron chi connectivity index (χ4n) is 4.37. The minimum atomic E-state index is -3.68. The van der Waals surface area contributed by atoms with Gasteiger partial charge in [0.05, 0.1) is 22.9 Å². The molecule has 9 heteroatoms. The lowest BCUT2D eigenvalue weighted by atomic mass is 10.0. The standard InChI is InChI=1S/C29H24N5O3S/c30-34-16-15-31-19-27(34)28(22-8-5-9-22)32-29(34)23-10-6-12-25(18-23)37-20-21-7-4-11-24(17-21)33-38(35,36)26-13-2-1-3-14-26/h1-19,33H,20,30H2/q+1. The highest BCUT2D eigenvalue weighted by atomic mass is 32.2. The first-order valence-corrected chi connectivity index (χ1v) is 13.4. The SMILES string of the molecule is N[N+]12C=CN=CC1=C(C1=CC=C1)N=C2c1cccc(OCc2cccc(NS(=O)(=O)c3ccccc3)c2)c1. The number of hydrogen-bond acceptors (Lipinski definition) is 6. The molecule has 1 atom stereocenters. The summed E-state index contributed by atoms with van der Waals surface area (Å²) in [5.41, 5.74) is 4.72. The van der Waals surface area contributed by atoms with Crippen LogP contribution in [0.2, 0.25) is 0 Å². The van der Waals surface area contributed by atoms with Crippen molar-refractivity contribution in [2.75, 3.05) is 4.72 Å². The van der Waals surface area contributed by atoms with E-state index in [0.29, 0.717) is 17.3 Å². The van der Waals surface area contributed by atoms with Gasteiger partial charge in [0.1, 0.15) is 24.3 Å². The van der Waals surface area contributed by atoms with Gasteiger partial charge < -0.3 is 4.74 Å². The molecule has 1 unspecified atom stereocenters. The number of allylic oxidation sites excluding steroid dienone is 4. The molecule has 2 aliphatic heterocycles. The molecule has 0 saturated heterocycles. The summed E-state index contributed by atoms with van der Waals surface area (Å²) in [6, 6.07) is 23.0. The van der Waals surface area contributed by atoms with Crippen LogP contribution in [0.25, 0.3) is 0 Å². The maximum Gasteiger partial charge on any atom is 0.265 e. The number of anilines is 1. The van der Waals surface area contributed by atoms with Crippen LogP contribution in [0.15, 0.2) is 141 Å². The molecular formula is C29H24N5O3S+. The van der Waals surface area contributed by atoms with Crippen molar-refractivity contribution < 1.29 is 17.7 Å². The highest BCUT2D eigenvalue weighted by Crippen LogP contribution is 2.36. The van der Waals surface area contributed by atoms with Crippen molar-refractivity contribution in [3.05, 3.63) is 138 Å². The third kappa shape index (κ3) is 4.39. The summed E-state index contributed by atoms with van der Waals surface area (Å²) in [6.45, 7) is 0.248. The Hall–Kier alpha value is -4.57. The molecule has 3 N–H and O–H groups in total. The first kappa shape index (κ1) is 23.8. The van der Waals surface area contributed by atoms with Gasteiger partial charge >= 0.3 is 0 Å². The highest BCUT2D eigenvalue weighted by molar-refractivity contribution is 7.92. The molecular weight excluding hydrogens is 498 g/mol. The van der Waals surface area contributed by atoms with E-state index >= 15 is 0 Å². The van der Waals surface area contributed by atoms with E-state index < -0.39 is 10.0 Å². The zero-order valence-electron chi connectivity index (χ0n) is 20.2. The monoisotopic (exact) mass is 522 g/mol. The molecule has 8 nitrogen and oxygen atoms in total. The average Bonchev–Trinajstić information content (AvgIpc) is 3.20. The molecule has 0 saturated carbocycles. The number of rotatable bonds is 8. The number of fused-ring (bicyclic) bond motifs is 1. The van der Waals surface area contributed by atoms with Crippen LogP contribution in [0.1, 0.15) is 11.1 Å². The third-order valence-electron chi connectivity index (χ3n) is 6.35. The Labute approximate surface area is 220 Å². The van der Waals surface area contributed by atoms with Crippen LogP contribution >= 0.6 is 0 Å². The molecule has 3 aromatic carbocycles. The zero-order valence-corrected chi connectivity index (χ0v) is 21.0. The van der Waals surface area contributed by atoms with Crippen molar-refractivity contribution in [3.8, 4) is 5.75 Å². The number of aliphatic imine (C=N–C) groups is 2. The van der Waals surface area contributed by atoms with E-state index in [4.69, 9.17) is 15.6 Å². The van der Waals surface area contributed by atoms with E-state index in [1.165, 1.54) is 0 Å². The van der Waals surface area contributed by atoms with Crippen molar-refractivity contribution in [1.82, 2.24) is 0 Å². The van der Waals surface area contributed by atoms with Gasteiger partial charge in [-0.25, -0.2) is 8.42 Å². The number of hydrogen-bond donors (Lipinski definition) is 2. The lowest BCUT2D eigenvalue weighted by Crippen LogP contribution is -2.53. The Morgan fingerprint density at radius 2 is 1.79 bits per heavy atom. The molecule has 0 amide bonds. The van der Waals surface area contributed by atoms with Crippen LogP contribution < -0.4 is 15.3 Å². The van der Waals surface area contributed by atoms with Gasteiger partial charge in [0.15, 0.2) is 0 Å². The minimum absolute atomic E-state index is 0.0724. The second kappa shape index (κ2) is 9.38. The quantitative estimate of drug-likeness (QED) is 0.328. The second-order valence-corrected chi connectivity index (χ2v) is 10.6. The summed E-state index contributed by atoms with van der Waals surface area (Å²) in [5.74, 6) is 8.10. The average molecular weight is 523 g/mol. The van der Waals surface area contributed by atoms with Crippen LogP contribution in [-0.2, 0) is 16.6 Å². The summed E-state index contributed by atoms with van der Waals surface area (Å²) in [7, 11) is -3.68. The van der Waals surface area contributed by atoms with Gasteiger partial charge in [-0.05, 0) is 48.0 Å². The molecule has 0 fully saturated rings. The normalized spacial score (nSPS) is 19.5. The maximum absolute atomic E-state index is 12.7. The second-order valence-electron chi connectivity index (χ2n) is 8.94. The summed E-state index contributed by atoms with van der Waals surface area (Å²) in [4.78, 5) is 9.35. The number of ether oxygens (including phenoxy) is 1. The Morgan fingerprint density at radius 1 is 0.974 bits per heavy atom. The molecule has 188 valence electrons. The van der Waals surface area contributed by atoms with Gasteiger partial charge in [0.2, 0.25) is 5.70 Å². The number of quaternary nitrogens is 1. The summed E-state index contributed by atoms with van der Waals surface area (Å²) >= 11 is 0. The molecule has 3 aliphatic rings.